The van der Waals surface area contributed by atoms with E-state index in [0.717, 1.165) is 12.1 Å². The van der Waals surface area contributed by atoms with Gasteiger partial charge < -0.3 is 10.1 Å². The van der Waals surface area contributed by atoms with Crippen molar-refractivity contribution >= 4 is 6.09 Å². The summed E-state index contributed by atoms with van der Waals surface area (Å²) >= 11 is 0. The lowest BCUT2D eigenvalue weighted by atomic mass is 9.90. The van der Waals surface area contributed by atoms with Crippen LogP contribution in [0.3, 0.4) is 0 Å². The molecule has 1 N–H and O–H groups in total. The molecular weight excluding hydrogens is 288 g/mol. The number of rotatable bonds is 3. The number of amides is 1. The fraction of sp³-hybridized carbons (Fsp3) is 0.316. The fourth-order valence-corrected chi connectivity index (χ4v) is 3.17. The molecule has 3 rings (SSSR count). The summed E-state index contributed by atoms with van der Waals surface area (Å²) in [5, 5.41) is 3.56. The summed E-state index contributed by atoms with van der Waals surface area (Å²) < 4.78 is 5.28. The van der Waals surface area contributed by atoms with E-state index in [1.807, 2.05) is 48.2 Å². The molecule has 1 fully saturated rings. The first-order valence-corrected chi connectivity index (χ1v) is 8.08. The lowest BCUT2D eigenvalue weighted by molar-refractivity contribution is 0.0666. The first kappa shape index (κ1) is 15.6. The highest BCUT2D eigenvalue weighted by atomic mass is 16.6. The van der Waals surface area contributed by atoms with E-state index in [1.165, 1.54) is 5.56 Å². The van der Waals surface area contributed by atoms with Crippen molar-refractivity contribution in [2.75, 3.05) is 19.7 Å². The summed E-state index contributed by atoms with van der Waals surface area (Å²) in [5.74, 6) is 0. The van der Waals surface area contributed by atoms with Crippen LogP contribution in [0.2, 0.25) is 0 Å². The number of carbonyl (C=O) groups excluding carboxylic acids is 1. The van der Waals surface area contributed by atoms with Crippen LogP contribution in [0, 0.1) is 0 Å². The molecule has 0 aliphatic carbocycles. The summed E-state index contributed by atoms with van der Waals surface area (Å²) in [7, 11) is 0. The van der Waals surface area contributed by atoms with Gasteiger partial charge in [-0.15, -0.1) is 0 Å². The van der Waals surface area contributed by atoms with E-state index < -0.39 is 0 Å². The van der Waals surface area contributed by atoms with E-state index in [-0.39, 0.29) is 18.2 Å². The lowest BCUT2D eigenvalue weighted by Gasteiger charge is -2.41. The van der Waals surface area contributed by atoms with Gasteiger partial charge in [0, 0.05) is 13.1 Å². The van der Waals surface area contributed by atoms with Gasteiger partial charge in [-0.3, -0.25) is 4.90 Å². The summed E-state index contributed by atoms with van der Waals surface area (Å²) in [6.07, 6.45) is -0.246. The van der Waals surface area contributed by atoms with E-state index in [9.17, 15) is 4.79 Å². The largest absolute Gasteiger partial charge is 0.450 e. The summed E-state index contributed by atoms with van der Waals surface area (Å²) in [6, 6.07) is 20.4. The zero-order valence-electron chi connectivity index (χ0n) is 13.3. The molecule has 1 amide bonds. The van der Waals surface area contributed by atoms with Gasteiger partial charge in [-0.2, -0.15) is 0 Å². The quantitative estimate of drug-likeness (QED) is 0.943. The van der Waals surface area contributed by atoms with E-state index in [0.29, 0.717) is 13.2 Å². The molecule has 1 saturated heterocycles. The van der Waals surface area contributed by atoms with E-state index in [4.69, 9.17) is 4.74 Å². The number of benzene rings is 2. The Morgan fingerprint density at radius 2 is 1.70 bits per heavy atom. The molecule has 1 aliphatic rings. The standard InChI is InChI=1S/C19H22N2O2/c1-2-23-19(22)21-14-13-20-17(15-9-5-3-6-10-15)18(21)16-11-7-4-8-12-16/h3-12,17-18,20H,2,13-14H2,1H3/t17-,18-/m1/s1. The van der Waals surface area contributed by atoms with Crippen molar-refractivity contribution in [3.05, 3.63) is 71.8 Å². The molecule has 1 aliphatic heterocycles. The van der Waals surface area contributed by atoms with Crippen molar-refractivity contribution in [2.24, 2.45) is 0 Å². The highest BCUT2D eigenvalue weighted by molar-refractivity contribution is 5.69. The lowest BCUT2D eigenvalue weighted by Crippen LogP contribution is -2.50. The Morgan fingerprint density at radius 3 is 2.30 bits per heavy atom. The van der Waals surface area contributed by atoms with Crippen molar-refractivity contribution in [1.82, 2.24) is 10.2 Å². The van der Waals surface area contributed by atoms with Gasteiger partial charge in [-0.25, -0.2) is 4.79 Å². The SMILES string of the molecule is CCOC(=O)N1CCN[C@H](c2ccccc2)[C@H]1c1ccccc1. The highest BCUT2D eigenvalue weighted by Crippen LogP contribution is 2.36. The second-order valence-corrected chi connectivity index (χ2v) is 5.59. The summed E-state index contributed by atoms with van der Waals surface area (Å²) in [5.41, 5.74) is 2.29. The van der Waals surface area contributed by atoms with Crippen molar-refractivity contribution in [2.45, 2.75) is 19.0 Å². The molecule has 120 valence electrons. The summed E-state index contributed by atoms with van der Waals surface area (Å²) in [4.78, 5) is 14.3. The van der Waals surface area contributed by atoms with Crippen LogP contribution < -0.4 is 5.32 Å². The van der Waals surface area contributed by atoms with Crippen molar-refractivity contribution < 1.29 is 9.53 Å². The zero-order valence-corrected chi connectivity index (χ0v) is 13.3. The van der Waals surface area contributed by atoms with Crippen LogP contribution in [0.5, 0.6) is 0 Å². The number of nitrogens with zero attached hydrogens (tertiary/aromatic N) is 1. The molecule has 2 aromatic carbocycles. The van der Waals surface area contributed by atoms with Gasteiger partial charge in [0.25, 0.3) is 0 Å². The number of ether oxygens (including phenoxy) is 1. The molecule has 4 nitrogen and oxygen atoms in total. The van der Waals surface area contributed by atoms with Crippen LogP contribution in [-0.4, -0.2) is 30.7 Å². The van der Waals surface area contributed by atoms with Crippen LogP contribution >= 0.6 is 0 Å². The van der Waals surface area contributed by atoms with Crippen LogP contribution in [0.4, 0.5) is 4.79 Å². The molecule has 4 heteroatoms. The molecule has 2 aromatic rings. The molecular formula is C19H22N2O2. The number of piperazine rings is 1. The van der Waals surface area contributed by atoms with Crippen LogP contribution in [0.25, 0.3) is 0 Å². The Labute approximate surface area is 137 Å². The Hall–Kier alpha value is -2.33. The highest BCUT2D eigenvalue weighted by Gasteiger charge is 2.36. The predicted molar refractivity (Wildman–Crippen MR) is 90.1 cm³/mol. The fourth-order valence-electron chi connectivity index (χ4n) is 3.17. The van der Waals surface area contributed by atoms with Crippen LogP contribution in [0.1, 0.15) is 30.1 Å². The van der Waals surface area contributed by atoms with Gasteiger partial charge in [-0.1, -0.05) is 60.7 Å². The Bertz CT molecular complexity index is 630. The van der Waals surface area contributed by atoms with Crippen molar-refractivity contribution in [3.63, 3.8) is 0 Å². The maximum absolute atomic E-state index is 12.4. The number of nitrogens with one attached hydrogen (secondary N) is 1. The van der Waals surface area contributed by atoms with Crippen LogP contribution in [-0.2, 0) is 4.74 Å². The third-order valence-corrected chi connectivity index (χ3v) is 4.17. The van der Waals surface area contributed by atoms with Crippen LogP contribution in [0.15, 0.2) is 60.7 Å². The van der Waals surface area contributed by atoms with Gasteiger partial charge in [0.15, 0.2) is 0 Å². The van der Waals surface area contributed by atoms with Gasteiger partial charge in [-0.05, 0) is 18.1 Å². The minimum absolute atomic E-state index is 0.0526. The average molecular weight is 310 g/mol. The molecule has 1 heterocycles. The molecule has 2 atom stereocenters. The second-order valence-electron chi connectivity index (χ2n) is 5.59. The normalized spacial score (nSPS) is 21.0. The summed E-state index contributed by atoms with van der Waals surface area (Å²) in [6.45, 7) is 3.62. The van der Waals surface area contributed by atoms with Gasteiger partial charge in [0.05, 0.1) is 18.7 Å². The van der Waals surface area contributed by atoms with E-state index in [1.54, 1.807) is 0 Å². The van der Waals surface area contributed by atoms with E-state index >= 15 is 0 Å². The molecule has 0 aromatic heterocycles. The first-order valence-electron chi connectivity index (χ1n) is 8.08. The first-order chi connectivity index (χ1) is 11.3. The number of carbonyl (C=O) groups is 1. The smallest absolute Gasteiger partial charge is 0.410 e. The molecule has 0 radical (unpaired) electrons. The number of hydrogen-bond acceptors (Lipinski definition) is 3. The Balaban J connectivity index is 1.99. The van der Waals surface area contributed by atoms with Gasteiger partial charge in [0.2, 0.25) is 0 Å². The van der Waals surface area contributed by atoms with E-state index in [2.05, 4.69) is 29.6 Å². The maximum atomic E-state index is 12.4. The third-order valence-electron chi connectivity index (χ3n) is 4.17. The molecule has 0 unspecified atom stereocenters. The number of hydrogen-bond donors (Lipinski definition) is 1. The molecule has 0 saturated carbocycles. The van der Waals surface area contributed by atoms with Gasteiger partial charge >= 0.3 is 6.09 Å². The maximum Gasteiger partial charge on any atom is 0.410 e. The minimum Gasteiger partial charge on any atom is -0.450 e. The third kappa shape index (κ3) is 3.37. The molecule has 0 spiro atoms. The Morgan fingerprint density at radius 1 is 1.09 bits per heavy atom. The second kappa shape index (κ2) is 7.29. The average Bonchev–Trinajstić information content (AvgIpc) is 2.63. The zero-order chi connectivity index (χ0) is 16.1. The Kier molecular flexibility index (Phi) is 4.93. The van der Waals surface area contributed by atoms with Gasteiger partial charge in [0.1, 0.15) is 0 Å². The molecule has 23 heavy (non-hydrogen) atoms. The predicted octanol–water partition coefficient (Wildman–Crippen LogP) is 3.53. The minimum atomic E-state index is -0.246. The van der Waals surface area contributed by atoms with Crippen molar-refractivity contribution in [3.8, 4) is 0 Å². The molecule has 0 bridgehead atoms. The van der Waals surface area contributed by atoms with Crippen molar-refractivity contribution in [1.29, 1.82) is 0 Å². The topological polar surface area (TPSA) is 41.6 Å². The monoisotopic (exact) mass is 310 g/mol.